The predicted molar refractivity (Wildman–Crippen MR) is 103 cm³/mol. The summed E-state index contributed by atoms with van der Waals surface area (Å²) in [5, 5.41) is 6.39. The molecule has 22 heavy (non-hydrogen) atoms. The number of hydrogen-bond donors (Lipinski definition) is 2. The molecular formula is C14H27IN4O2S. The summed E-state index contributed by atoms with van der Waals surface area (Å²) < 4.78 is 0.121. The molecule has 0 spiro atoms. The van der Waals surface area contributed by atoms with E-state index in [2.05, 4.69) is 35.7 Å². The predicted octanol–water partition coefficient (Wildman–Crippen LogP) is 1.45. The fourth-order valence-corrected chi connectivity index (χ4v) is 2.14. The van der Waals surface area contributed by atoms with Crippen LogP contribution in [0.2, 0.25) is 0 Å². The zero-order valence-corrected chi connectivity index (χ0v) is 16.9. The molecule has 1 saturated heterocycles. The molecule has 0 atom stereocenters. The fourth-order valence-electron chi connectivity index (χ4n) is 1.92. The van der Waals surface area contributed by atoms with Gasteiger partial charge in [0.15, 0.2) is 5.96 Å². The van der Waals surface area contributed by atoms with Gasteiger partial charge in [0.1, 0.15) is 0 Å². The summed E-state index contributed by atoms with van der Waals surface area (Å²) in [6.45, 7) is 6.00. The number of likely N-dealkylation sites (tertiary alicyclic amines) is 1. The lowest BCUT2D eigenvalue weighted by atomic mass is 10.1. The molecule has 1 heterocycles. The van der Waals surface area contributed by atoms with Gasteiger partial charge in [-0.25, -0.2) is 0 Å². The Hall–Kier alpha value is -0.510. The molecule has 0 aromatic rings. The van der Waals surface area contributed by atoms with E-state index in [-0.39, 0.29) is 40.5 Å². The number of nitrogens with zero attached hydrogens (tertiary/aromatic N) is 2. The number of halogens is 1. The molecule has 2 N–H and O–H groups in total. The van der Waals surface area contributed by atoms with Gasteiger partial charge in [-0.3, -0.25) is 19.5 Å². The van der Waals surface area contributed by atoms with E-state index in [1.807, 2.05) is 0 Å². The van der Waals surface area contributed by atoms with Crippen LogP contribution in [0.1, 0.15) is 33.1 Å². The minimum atomic E-state index is -0.0699. The molecule has 1 rings (SSSR count). The standard InChI is InChI=1S/C14H26N4O2S.HI/c1-14(2,21-4)10-17-13(15-3)16-8-9-18-11(19)6-5-7-12(18)20;/h5-10H2,1-4H3,(H2,15,16,17);1H. The van der Waals surface area contributed by atoms with Crippen LogP contribution in [-0.4, -0.2) is 60.4 Å². The van der Waals surface area contributed by atoms with E-state index in [0.717, 1.165) is 6.54 Å². The SMILES string of the molecule is CN=C(NCCN1C(=O)CCCC1=O)NCC(C)(C)SC.I. The molecular weight excluding hydrogens is 415 g/mol. The number of carbonyl (C=O) groups is 2. The maximum Gasteiger partial charge on any atom is 0.229 e. The van der Waals surface area contributed by atoms with Crippen molar-refractivity contribution in [1.29, 1.82) is 0 Å². The van der Waals surface area contributed by atoms with Crippen molar-refractivity contribution in [3.05, 3.63) is 0 Å². The van der Waals surface area contributed by atoms with Gasteiger partial charge in [0.05, 0.1) is 0 Å². The van der Waals surface area contributed by atoms with Crippen molar-refractivity contribution in [2.45, 2.75) is 37.9 Å². The molecule has 0 aromatic heterocycles. The first kappa shape index (κ1) is 21.5. The highest BCUT2D eigenvalue weighted by molar-refractivity contribution is 14.0. The Morgan fingerprint density at radius 1 is 1.27 bits per heavy atom. The van der Waals surface area contributed by atoms with Crippen LogP contribution in [0.4, 0.5) is 0 Å². The molecule has 1 aliphatic rings. The maximum absolute atomic E-state index is 11.7. The van der Waals surface area contributed by atoms with Gasteiger partial charge < -0.3 is 10.6 Å². The van der Waals surface area contributed by atoms with Crippen molar-refractivity contribution in [2.75, 3.05) is 32.9 Å². The Morgan fingerprint density at radius 3 is 2.36 bits per heavy atom. The molecule has 0 unspecified atom stereocenters. The molecule has 6 nitrogen and oxygen atoms in total. The van der Waals surface area contributed by atoms with Crippen molar-refractivity contribution in [3.63, 3.8) is 0 Å². The van der Waals surface area contributed by atoms with Gasteiger partial charge in [-0.15, -0.1) is 24.0 Å². The summed E-state index contributed by atoms with van der Waals surface area (Å²) >= 11 is 1.78. The topological polar surface area (TPSA) is 73.8 Å². The largest absolute Gasteiger partial charge is 0.355 e. The first-order valence-electron chi connectivity index (χ1n) is 7.22. The van der Waals surface area contributed by atoms with Gasteiger partial charge in [-0.05, 0) is 26.5 Å². The zero-order chi connectivity index (χ0) is 15.9. The van der Waals surface area contributed by atoms with E-state index in [1.54, 1.807) is 18.8 Å². The van der Waals surface area contributed by atoms with Crippen LogP contribution in [0.5, 0.6) is 0 Å². The molecule has 1 fully saturated rings. The Labute approximate surface area is 154 Å². The van der Waals surface area contributed by atoms with E-state index in [1.165, 1.54) is 4.90 Å². The van der Waals surface area contributed by atoms with Crippen LogP contribution >= 0.6 is 35.7 Å². The van der Waals surface area contributed by atoms with E-state index in [4.69, 9.17) is 0 Å². The number of imide groups is 1. The summed E-state index contributed by atoms with van der Waals surface area (Å²) in [6.07, 6.45) is 3.70. The zero-order valence-electron chi connectivity index (χ0n) is 13.8. The second-order valence-electron chi connectivity index (χ2n) is 5.61. The minimum Gasteiger partial charge on any atom is -0.355 e. The van der Waals surface area contributed by atoms with Crippen molar-refractivity contribution >= 4 is 53.5 Å². The lowest BCUT2D eigenvalue weighted by Gasteiger charge is -2.26. The van der Waals surface area contributed by atoms with E-state index in [9.17, 15) is 9.59 Å². The lowest BCUT2D eigenvalue weighted by Crippen LogP contribution is -2.48. The number of piperidine rings is 1. The van der Waals surface area contributed by atoms with Crippen molar-refractivity contribution in [1.82, 2.24) is 15.5 Å². The number of rotatable bonds is 6. The van der Waals surface area contributed by atoms with Gasteiger partial charge >= 0.3 is 0 Å². The third kappa shape index (κ3) is 7.17. The maximum atomic E-state index is 11.7. The monoisotopic (exact) mass is 442 g/mol. The number of nitrogens with one attached hydrogen (secondary N) is 2. The summed E-state index contributed by atoms with van der Waals surface area (Å²) in [5.74, 6) is 0.549. The number of amides is 2. The van der Waals surface area contributed by atoms with Gasteiger partial charge in [0.2, 0.25) is 11.8 Å². The summed E-state index contributed by atoms with van der Waals surface area (Å²) in [4.78, 5) is 28.8. The van der Waals surface area contributed by atoms with Crippen LogP contribution in [0.3, 0.4) is 0 Å². The van der Waals surface area contributed by atoms with Gasteiger partial charge in [0, 0.05) is 44.3 Å². The average molecular weight is 442 g/mol. The Bertz CT molecular complexity index is 400. The summed E-state index contributed by atoms with van der Waals surface area (Å²) in [5.41, 5.74) is 0. The highest BCUT2D eigenvalue weighted by Crippen LogP contribution is 2.19. The first-order valence-corrected chi connectivity index (χ1v) is 8.45. The number of carbonyl (C=O) groups excluding carboxylic acids is 2. The normalized spacial score (nSPS) is 16.4. The molecule has 1 aliphatic heterocycles. The highest BCUT2D eigenvalue weighted by atomic mass is 127. The third-order valence-electron chi connectivity index (χ3n) is 3.47. The third-order valence-corrected chi connectivity index (χ3v) is 4.72. The van der Waals surface area contributed by atoms with Gasteiger partial charge in [-0.1, -0.05) is 0 Å². The number of aliphatic imine (C=N–C) groups is 1. The second kappa shape index (κ2) is 10.3. The van der Waals surface area contributed by atoms with E-state index in [0.29, 0.717) is 38.3 Å². The van der Waals surface area contributed by atoms with Crippen LogP contribution in [0.25, 0.3) is 0 Å². The van der Waals surface area contributed by atoms with Gasteiger partial charge in [0.25, 0.3) is 0 Å². The Morgan fingerprint density at radius 2 is 1.86 bits per heavy atom. The molecule has 0 aliphatic carbocycles. The molecule has 0 bridgehead atoms. The average Bonchev–Trinajstić information content (AvgIpc) is 2.45. The van der Waals surface area contributed by atoms with Crippen LogP contribution < -0.4 is 10.6 Å². The van der Waals surface area contributed by atoms with Crippen molar-refractivity contribution in [2.24, 2.45) is 4.99 Å². The van der Waals surface area contributed by atoms with Crippen molar-refractivity contribution in [3.8, 4) is 0 Å². The van der Waals surface area contributed by atoms with Crippen LogP contribution in [-0.2, 0) is 9.59 Å². The van der Waals surface area contributed by atoms with Gasteiger partial charge in [-0.2, -0.15) is 11.8 Å². The summed E-state index contributed by atoms with van der Waals surface area (Å²) in [6, 6.07) is 0. The first-order chi connectivity index (χ1) is 9.89. The Kier molecular flexibility index (Phi) is 10.1. The number of guanidine groups is 1. The fraction of sp³-hybridized carbons (Fsp3) is 0.786. The minimum absolute atomic E-state index is 0. The molecule has 0 aromatic carbocycles. The second-order valence-corrected chi connectivity index (χ2v) is 7.12. The molecule has 0 radical (unpaired) electrons. The van der Waals surface area contributed by atoms with E-state index >= 15 is 0 Å². The van der Waals surface area contributed by atoms with Crippen LogP contribution in [0, 0.1) is 0 Å². The number of thioether (sulfide) groups is 1. The smallest absolute Gasteiger partial charge is 0.229 e. The van der Waals surface area contributed by atoms with E-state index < -0.39 is 0 Å². The number of hydrogen-bond acceptors (Lipinski definition) is 4. The Balaban J connectivity index is 0.00000441. The highest BCUT2D eigenvalue weighted by Gasteiger charge is 2.25. The van der Waals surface area contributed by atoms with Crippen molar-refractivity contribution < 1.29 is 9.59 Å². The molecule has 2 amide bonds. The quantitative estimate of drug-likeness (QED) is 0.282. The molecule has 128 valence electrons. The molecule has 8 heteroatoms. The lowest BCUT2D eigenvalue weighted by molar-refractivity contribution is -0.147. The summed E-state index contributed by atoms with van der Waals surface area (Å²) in [7, 11) is 1.71. The van der Waals surface area contributed by atoms with Crippen LogP contribution in [0.15, 0.2) is 4.99 Å². The molecule has 0 saturated carbocycles.